The van der Waals surface area contributed by atoms with Crippen molar-refractivity contribution in [2.45, 2.75) is 147 Å². The van der Waals surface area contributed by atoms with Crippen LogP contribution >= 0.6 is 0 Å². The Morgan fingerprint density at radius 3 is 2.49 bits per heavy atom. The number of aliphatic hydroxyl groups excluding tert-OH is 1. The Hall–Kier alpha value is -2.15. The molecule has 3 N–H and O–H groups in total. The third-order valence-electron chi connectivity index (χ3n) is 8.87. The summed E-state index contributed by atoms with van der Waals surface area (Å²) in [5.74, 6) is -0.283. The van der Waals surface area contributed by atoms with E-state index in [2.05, 4.69) is 18.3 Å². The number of unbranched alkanes of at least 4 members (excludes halogenated alkanes) is 1. The normalized spacial score (nSPS) is 33.0. The minimum Gasteiger partial charge on any atom is -0.459 e. The van der Waals surface area contributed by atoms with E-state index in [0.717, 1.165) is 30.9 Å². The fourth-order valence-corrected chi connectivity index (χ4v) is 7.24. The van der Waals surface area contributed by atoms with Crippen LogP contribution in [0.2, 0.25) is 19.1 Å². The molecule has 0 aromatic carbocycles. The SMILES string of the molecule is CC(=O)O[C@@H](C)/C=C\C(=O)N[C@@H]1C[C@H](C)[C@H](C/C=C(C)/C=C/[C@H]2O[C@H](CC(=O)CCCC[Si](C)(C)O)C[C@@]3(CO3)[C@@H]2O)O[C@@H]1C. The minimum absolute atomic E-state index is 0.00289. The van der Waals surface area contributed by atoms with Crippen molar-refractivity contribution in [3.63, 3.8) is 0 Å². The molecule has 1 spiro atoms. The van der Waals surface area contributed by atoms with Crippen molar-refractivity contribution < 1.29 is 43.2 Å². The average molecular weight is 650 g/mol. The average Bonchev–Trinajstić information content (AvgIpc) is 3.71. The molecular weight excluding hydrogens is 594 g/mol. The van der Waals surface area contributed by atoms with E-state index in [1.807, 2.05) is 39.1 Å². The maximum absolute atomic E-state index is 12.7. The summed E-state index contributed by atoms with van der Waals surface area (Å²) in [4.78, 5) is 46.1. The lowest BCUT2D eigenvalue weighted by Crippen LogP contribution is -2.50. The van der Waals surface area contributed by atoms with Crippen LogP contribution in [0.5, 0.6) is 0 Å². The number of esters is 1. The number of aliphatic hydroxyl groups is 1. The van der Waals surface area contributed by atoms with E-state index in [1.165, 1.54) is 13.0 Å². The highest BCUT2D eigenvalue weighted by molar-refractivity contribution is 6.69. The third kappa shape index (κ3) is 12.5. The number of hydrogen-bond donors (Lipinski definition) is 3. The lowest BCUT2D eigenvalue weighted by molar-refractivity contribution is -0.144. The summed E-state index contributed by atoms with van der Waals surface area (Å²) in [5, 5.41) is 14.0. The number of Topliss-reactive ketones (excluding diaryl/α,β-unsaturated/α-hetero) is 1. The summed E-state index contributed by atoms with van der Waals surface area (Å²) in [6.07, 6.45) is 10.9. The quantitative estimate of drug-likeness (QED) is 0.0591. The summed E-state index contributed by atoms with van der Waals surface area (Å²) in [6, 6.07) is 0.670. The summed E-state index contributed by atoms with van der Waals surface area (Å²) < 4.78 is 23.2. The number of amides is 1. The second-order valence-corrected chi connectivity index (χ2v) is 18.0. The molecule has 3 rings (SSSR count). The van der Waals surface area contributed by atoms with Crippen molar-refractivity contribution in [3.8, 4) is 0 Å². The highest BCUT2D eigenvalue weighted by Gasteiger charge is 2.58. The first kappa shape index (κ1) is 37.3. The van der Waals surface area contributed by atoms with Crippen LogP contribution in [0.1, 0.15) is 79.6 Å². The van der Waals surface area contributed by atoms with Crippen LogP contribution in [0.15, 0.2) is 36.0 Å². The van der Waals surface area contributed by atoms with Gasteiger partial charge in [-0.1, -0.05) is 37.1 Å². The molecular formula is C34H55NO9Si. The molecule has 0 aliphatic carbocycles. The van der Waals surface area contributed by atoms with Gasteiger partial charge in [-0.3, -0.25) is 14.4 Å². The number of rotatable bonds is 15. The Morgan fingerprint density at radius 2 is 1.84 bits per heavy atom. The van der Waals surface area contributed by atoms with Gasteiger partial charge in [0.05, 0.1) is 31.0 Å². The van der Waals surface area contributed by atoms with Crippen LogP contribution in [-0.2, 0) is 33.3 Å². The zero-order valence-electron chi connectivity index (χ0n) is 28.1. The molecule has 10 nitrogen and oxygen atoms in total. The molecule has 3 aliphatic heterocycles. The standard InChI is InChI=1S/C34H55NO9Si/c1-22(11-14-30-23(2)18-29(25(4)43-30)35-32(38)16-13-24(3)42-26(5)36)12-15-31-33(39)34(21-41-34)20-28(44-31)19-27(37)10-8-9-17-45(6,7)40/h11-13,15-16,23-25,28-31,33,39-40H,8-10,14,17-21H2,1-7H3,(H,35,38)/b15-12+,16-13-,22-11+/t23-,24-,25+,28+,29+,30-,31+,33+,34+/m0/s1. The molecule has 3 saturated heterocycles. The predicted octanol–water partition coefficient (Wildman–Crippen LogP) is 4.30. The van der Waals surface area contributed by atoms with E-state index in [4.69, 9.17) is 18.9 Å². The summed E-state index contributed by atoms with van der Waals surface area (Å²) >= 11 is 0. The van der Waals surface area contributed by atoms with Crippen LogP contribution in [0.3, 0.4) is 0 Å². The predicted molar refractivity (Wildman–Crippen MR) is 174 cm³/mol. The molecule has 0 unspecified atom stereocenters. The van der Waals surface area contributed by atoms with E-state index >= 15 is 0 Å². The first-order valence-electron chi connectivity index (χ1n) is 16.4. The summed E-state index contributed by atoms with van der Waals surface area (Å²) in [6.45, 7) is 13.4. The maximum Gasteiger partial charge on any atom is 0.303 e. The lowest BCUT2D eigenvalue weighted by atomic mass is 9.86. The largest absolute Gasteiger partial charge is 0.459 e. The second-order valence-electron chi connectivity index (χ2n) is 13.9. The van der Waals surface area contributed by atoms with E-state index in [-0.39, 0.29) is 42.0 Å². The lowest BCUT2D eigenvalue weighted by Gasteiger charge is -2.39. The van der Waals surface area contributed by atoms with Crippen LogP contribution in [-0.4, -0.2) is 90.8 Å². The molecule has 45 heavy (non-hydrogen) atoms. The topological polar surface area (TPSA) is 144 Å². The first-order chi connectivity index (χ1) is 21.1. The fraction of sp³-hybridized carbons (Fsp3) is 0.735. The van der Waals surface area contributed by atoms with Gasteiger partial charge in [0.25, 0.3) is 0 Å². The van der Waals surface area contributed by atoms with E-state index < -0.39 is 38.2 Å². The number of carbonyl (C=O) groups excluding carboxylic acids is 3. The molecule has 0 saturated carbocycles. The smallest absolute Gasteiger partial charge is 0.303 e. The number of hydrogen-bond acceptors (Lipinski definition) is 9. The van der Waals surface area contributed by atoms with E-state index in [9.17, 15) is 24.3 Å². The Kier molecular flexibility index (Phi) is 13.8. The molecule has 0 aromatic rings. The van der Waals surface area contributed by atoms with Gasteiger partial charge < -0.3 is 34.2 Å². The molecule has 254 valence electrons. The first-order valence-corrected chi connectivity index (χ1v) is 19.6. The van der Waals surface area contributed by atoms with Crippen molar-refractivity contribution in [3.05, 3.63) is 36.0 Å². The number of carbonyl (C=O) groups is 3. The maximum atomic E-state index is 12.7. The zero-order valence-corrected chi connectivity index (χ0v) is 29.1. The van der Waals surface area contributed by atoms with Gasteiger partial charge in [0.2, 0.25) is 5.91 Å². The molecule has 3 heterocycles. The molecule has 1 amide bonds. The van der Waals surface area contributed by atoms with Crippen LogP contribution in [0.4, 0.5) is 0 Å². The summed E-state index contributed by atoms with van der Waals surface area (Å²) in [7, 11) is -2.08. The van der Waals surface area contributed by atoms with Gasteiger partial charge in [0.1, 0.15) is 29.7 Å². The third-order valence-corrected chi connectivity index (χ3v) is 10.5. The number of ketones is 1. The molecule has 0 radical (unpaired) electrons. The fourth-order valence-electron chi connectivity index (χ4n) is 6.12. The highest BCUT2D eigenvalue weighted by atomic mass is 28.4. The zero-order chi connectivity index (χ0) is 33.4. The van der Waals surface area contributed by atoms with E-state index in [0.29, 0.717) is 32.3 Å². The van der Waals surface area contributed by atoms with Crippen molar-refractivity contribution in [1.29, 1.82) is 0 Å². The Labute approximate surface area is 269 Å². The van der Waals surface area contributed by atoms with Crippen LogP contribution in [0.25, 0.3) is 0 Å². The Morgan fingerprint density at radius 1 is 1.13 bits per heavy atom. The van der Waals surface area contributed by atoms with Gasteiger partial charge in [-0.15, -0.1) is 0 Å². The minimum atomic E-state index is -2.08. The van der Waals surface area contributed by atoms with Gasteiger partial charge in [-0.25, -0.2) is 0 Å². The number of nitrogens with one attached hydrogen (secondary N) is 1. The molecule has 3 aliphatic rings. The van der Waals surface area contributed by atoms with Crippen LogP contribution in [0, 0.1) is 5.92 Å². The number of ether oxygens (including phenoxy) is 4. The second kappa shape index (κ2) is 16.6. The number of allylic oxidation sites excluding steroid dienone is 2. The Balaban J connectivity index is 1.47. The molecule has 9 atom stereocenters. The molecule has 3 fully saturated rings. The van der Waals surface area contributed by atoms with Crippen molar-refractivity contribution in [2.24, 2.45) is 5.92 Å². The van der Waals surface area contributed by atoms with Gasteiger partial charge in [0.15, 0.2) is 8.32 Å². The van der Waals surface area contributed by atoms with Gasteiger partial charge >= 0.3 is 5.97 Å². The Bertz CT molecular complexity index is 1110. The molecule has 0 bridgehead atoms. The van der Waals surface area contributed by atoms with Gasteiger partial charge in [-0.2, -0.15) is 0 Å². The van der Waals surface area contributed by atoms with Crippen molar-refractivity contribution in [2.75, 3.05) is 6.61 Å². The highest BCUT2D eigenvalue weighted by Crippen LogP contribution is 2.43. The van der Waals surface area contributed by atoms with Gasteiger partial charge in [0, 0.05) is 32.3 Å². The van der Waals surface area contributed by atoms with Crippen molar-refractivity contribution in [1.82, 2.24) is 5.32 Å². The van der Waals surface area contributed by atoms with Crippen LogP contribution < -0.4 is 5.32 Å². The summed E-state index contributed by atoms with van der Waals surface area (Å²) in [5.41, 5.74) is 0.377. The molecule has 0 aromatic heterocycles. The van der Waals surface area contributed by atoms with Crippen molar-refractivity contribution >= 4 is 26.0 Å². The molecule has 11 heteroatoms. The van der Waals surface area contributed by atoms with Gasteiger partial charge in [-0.05, 0) is 71.2 Å². The van der Waals surface area contributed by atoms with E-state index in [1.54, 1.807) is 13.0 Å². The monoisotopic (exact) mass is 649 g/mol. The number of epoxide rings is 1.